The van der Waals surface area contributed by atoms with Crippen molar-refractivity contribution in [3.05, 3.63) is 77.1 Å². The molecule has 0 aliphatic rings. The van der Waals surface area contributed by atoms with Gasteiger partial charge in [-0.2, -0.15) is 0 Å². The number of allylic oxidation sites excluding steroid dienone is 1. The van der Waals surface area contributed by atoms with Crippen LogP contribution < -0.4 is 5.56 Å². The minimum absolute atomic E-state index is 0.0372. The van der Waals surface area contributed by atoms with Gasteiger partial charge in [0.1, 0.15) is 5.65 Å². The fourth-order valence-corrected chi connectivity index (χ4v) is 3.38. The smallest absolute Gasteiger partial charge is 0.266 e. The molecule has 3 nitrogen and oxygen atoms in total. The number of rotatable bonds is 2. The molecule has 2 aromatic heterocycles. The summed E-state index contributed by atoms with van der Waals surface area (Å²) in [5.41, 5.74) is 4.05. The lowest BCUT2D eigenvalue weighted by atomic mass is 10.1. The van der Waals surface area contributed by atoms with Crippen molar-refractivity contribution in [1.29, 1.82) is 0 Å². The predicted molar refractivity (Wildman–Crippen MR) is 91.6 cm³/mol. The van der Waals surface area contributed by atoms with E-state index in [4.69, 9.17) is 0 Å². The van der Waals surface area contributed by atoms with Crippen molar-refractivity contribution < 1.29 is 0 Å². The van der Waals surface area contributed by atoms with Crippen molar-refractivity contribution in [2.75, 3.05) is 0 Å². The molecule has 0 saturated heterocycles. The van der Waals surface area contributed by atoms with Gasteiger partial charge in [-0.25, -0.2) is 0 Å². The van der Waals surface area contributed by atoms with Crippen LogP contribution in [0.1, 0.15) is 5.56 Å². The summed E-state index contributed by atoms with van der Waals surface area (Å²) in [6, 6.07) is 15.8. The summed E-state index contributed by atoms with van der Waals surface area (Å²) < 4.78 is 3.94. The van der Waals surface area contributed by atoms with Crippen LogP contribution in [0.15, 0.2) is 66.0 Å². The molecule has 0 amide bonds. The molecule has 0 N–H and O–H groups in total. The SMILES string of the molecule is C=CCc1c2ccccc2n2c(=O)c3ccccc3n(C)c12. The molecular formula is C19H16N2O. The Bertz CT molecular complexity index is 1100. The first-order chi connectivity index (χ1) is 10.7. The summed E-state index contributed by atoms with van der Waals surface area (Å²) in [4.78, 5) is 13.0. The number of nitrogens with zero attached hydrogens (tertiary/aromatic N) is 2. The number of para-hydroxylation sites is 2. The van der Waals surface area contributed by atoms with Gasteiger partial charge in [0.25, 0.3) is 5.56 Å². The van der Waals surface area contributed by atoms with Crippen molar-refractivity contribution >= 4 is 27.5 Å². The van der Waals surface area contributed by atoms with Crippen LogP contribution in [0.2, 0.25) is 0 Å². The van der Waals surface area contributed by atoms with Gasteiger partial charge in [-0.1, -0.05) is 36.4 Å². The highest BCUT2D eigenvalue weighted by Gasteiger charge is 2.17. The standard InChI is InChI=1S/C19H16N2O/c1-3-8-14-13-9-4-7-12-17(13)21-18(14)20(2)16-11-6-5-10-15(16)19(21)22/h3-7,9-12H,1,8H2,2H3. The molecule has 0 spiro atoms. The minimum atomic E-state index is 0.0372. The summed E-state index contributed by atoms with van der Waals surface area (Å²) >= 11 is 0. The molecule has 2 aromatic carbocycles. The molecule has 0 atom stereocenters. The first kappa shape index (κ1) is 12.9. The molecule has 0 unspecified atom stereocenters. The Morgan fingerprint density at radius 1 is 1.00 bits per heavy atom. The quantitative estimate of drug-likeness (QED) is 0.517. The zero-order valence-electron chi connectivity index (χ0n) is 12.4. The van der Waals surface area contributed by atoms with Crippen LogP contribution in [0.4, 0.5) is 0 Å². The zero-order chi connectivity index (χ0) is 15.3. The molecule has 0 radical (unpaired) electrons. The van der Waals surface area contributed by atoms with Crippen molar-refractivity contribution in [2.45, 2.75) is 6.42 Å². The van der Waals surface area contributed by atoms with Gasteiger partial charge in [-0.3, -0.25) is 9.20 Å². The zero-order valence-corrected chi connectivity index (χ0v) is 12.4. The molecule has 2 heterocycles. The second-order valence-corrected chi connectivity index (χ2v) is 5.53. The molecular weight excluding hydrogens is 272 g/mol. The van der Waals surface area contributed by atoms with Crippen LogP contribution in [0.5, 0.6) is 0 Å². The van der Waals surface area contributed by atoms with Gasteiger partial charge < -0.3 is 4.57 Å². The van der Waals surface area contributed by atoms with E-state index in [9.17, 15) is 4.79 Å². The van der Waals surface area contributed by atoms with E-state index in [1.54, 1.807) is 0 Å². The van der Waals surface area contributed by atoms with Crippen LogP contribution in [0.3, 0.4) is 0 Å². The second kappa shape index (κ2) is 4.60. The van der Waals surface area contributed by atoms with Gasteiger partial charge in [0.15, 0.2) is 0 Å². The third-order valence-electron chi connectivity index (χ3n) is 4.32. The monoisotopic (exact) mass is 288 g/mol. The Hall–Kier alpha value is -2.81. The molecule has 4 aromatic rings. The lowest BCUT2D eigenvalue weighted by Gasteiger charge is -2.10. The fraction of sp³-hybridized carbons (Fsp3) is 0.105. The maximum atomic E-state index is 13.0. The van der Waals surface area contributed by atoms with Crippen LogP contribution in [-0.2, 0) is 13.5 Å². The van der Waals surface area contributed by atoms with Crippen LogP contribution >= 0.6 is 0 Å². The van der Waals surface area contributed by atoms with Crippen molar-refractivity contribution in [2.24, 2.45) is 7.05 Å². The van der Waals surface area contributed by atoms with E-state index in [2.05, 4.69) is 17.2 Å². The van der Waals surface area contributed by atoms with Crippen LogP contribution in [0, 0.1) is 0 Å². The van der Waals surface area contributed by atoms with Gasteiger partial charge in [0, 0.05) is 18.0 Å². The van der Waals surface area contributed by atoms with Crippen molar-refractivity contribution in [3.63, 3.8) is 0 Å². The summed E-state index contributed by atoms with van der Waals surface area (Å²) in [6.07, 6.45) is 2.63. The Balaban J connectivity index is 2.40. The molecule has 4 rings (SSSR count). The van der Waals surface area contributed by atoms with Gasteiger partial charge in [-0.05, 0) is 24.6 Å². The van der Waals surface area contributed by atoms with E-state index in [-0.39, 0.29) is 5.56 Å². The van der Waals surface area contributed by atoms with Gasteiger partial charge >= 0.3 is 0 Å². The van der Waals surface area contributed by atoms with E-state index in [1.165, 1.54) is 0 Å². The number of aryl methyl sites for hydroxylation is 1. The molecule has 22 heavy (non-hydrogen) atoms. The predicted octanol–water partition coefficient (Wildman–Crippen LogP) is 3.67. The average Bonchev–Trinajstić information content (AvgIpc) is 2.88. The Morgan fingerprint density at radius 2 is 1.64 bits per heavy atom. The topological polar surface area (TPSA) is 26.4 Å². The maximum absolute atomic E-state index is 13.0. The van der Waals surface area contributed by atoms with Gasteiger partial charge in [-0.15, -0.1) is 6.58 Å². The third kappa shape index (κ3) is 1.53. The molecule has 3 heteroatoms. The largest absolute Gasteiger partial charge is 0.330 e. The third-order valence-corrected chi connectivity index (χ3v) is 4.32. The van der Waals surface area contributed by atoms with Crippen molar-refractivity contribution in [3.8, 4) is 0 Å². The summed E-state index contributed by atoms with van der Waals surface area (Å²) in [6.45, 7) is 3.87. The lowest BCUT2D eigenvalue weighted by Crippen LogP contribution is -2.17. The highest BCUT2D eigenvalue weighted by Crippen LogP contribution is 2.27. The number of hydrogen-bond acceptors (Lipinski definition) is 1. The first-order valence-corrected chi connectivity index (χ1v) is 7.34. The number of aromatic nitrogens is 2. The molecule has 0 saturated carbocycles. The summed E-state index contributed by atoms with van der Waals surface area (Å²) in [5.74, 6) is 0. The van der Waals surface area contributed by atoms with E-state index in [0.29, 0.717) is 0 Å². The van der Waals surface area contributed by atoms with Crippen LogP contribution in [0.25, 0.3) is 27.5 Å². The van der Waals surface area contributed by atoms with E-state index in [1.807, 2.05) is 60.0 Å². The Morgan fingerprint density at radius 3 is 2.36 bits per heavy atom. The normalized spacial score (nSPS) is 11.5. The first-order valence-electron chi connectivity index (χ1n) is 7.34. The Kier molecular flexibility index (Phi) is 2.70. The lowest BCUT2D eigenvalue weighted by molar-refractivity contribution is 0.933. The fourth-order valence-electron chi connectivity index (χ4n) is 3.38. The summed E-state index contributed by atoms with van der Waals surface area (Å²) in [7, 11) is 2.02. The van der Waals surface area contributed by atoms with E-state index >= 15 is 0 Å². The highest BCUT2D eigenvalue weighted by molar-refractivity contribution is 5.94. The Labute approximate surface area is 127 Å². The van der Waals surface area contributed by atoms with Gasteiger partial charge in [0.05, 0.1) is 16.4 Å². The molecule has 0 bridgehead atoms. The molecule has 108 valence electrons. The van der Waals surface area contributed by atoms with Gasteiger partial charge in [0.2, 0.25) is 0 Å². The van der Waals surface area contributed by atoms with Crippen LogP contribution in [-0.4, -0.2) is 8.97 Å². The average molecular weight is 288 g/mol. The molecule has 0 fully saturated rings. The summed E-state index contributed by atoms with van der Waals surface area (Å²) in [5, 5.41) is 1.86. The van der Waals surface area contributed by atoms with E-state index < -0.39 is 0 Å². The number of benzene rings is 2. The molecule has 0 aliphatic heterocycles. The number of hydrogen-bond donors (Lipinski definition) is 0. The van der Waals surface area contributed by atoms with E-state index in [0.717, 1.165) is 39.4 Å². The number of fused-ring (bicyclic) bond motifs is 4. The molecule has 0 aliphatic carbocycles. The minimum Gasteiger partial charge on any atom is -0.330 e. The maximum Gasteiger partial charge on any atom is 0.266 e. The highest BCUT2D eigenvalue weighted by atomic mass is 16.1. The second-order valence-electron chi connectivity index (χ2n) is 5.53. The van der Waals surface area contributed by atoms with Crippen molar-refractivity contribution in [1.82, 2.24) is 8.97 Å².